The third kappa shape index (κ3) is 2.25. The summed E-state index contributed by atoms with van der Waals surface area (Å²) in [6.07, 6.45) is -1.19. The van der Waals surface area contributed by atoms with E-state index in [1.165, 1.54) is 12.1 Å². The van der Waals surface area contributed by atoms with E-state index in [-0.39, 0.29) is 5.82 Å². The van der Waals surface area contributed by atoms with Gasteiger partial charge < -0.3 is 4.74 Å². The minimum Gasteiger partial charge on any atom is -0.433 e. The number of carbonyl (C=O) groups excluding carboxylic acids is 1. The average molecular weight is 255 g/mol. The van der Waals surface area contributed by atoms with Crippen LogP contribution in [0.5, 0.6) is 0 Å². The van der Waals surface area contributed by atoms with Crippen LogP contribution >= 0.6 is 0 Å². The van der Waals surface area contributed by atoms with Gasteiger partial charge in [0.1, 0.15) is 11.5 Å². The molecular formula is C15H10FNO2. The molecule has 2 aromatic rings. The lowest BCUT2D eigenvalue weighted by Gasteiger charge is -2.12. The molecule has 4 heteroatoms. The van der Waals surface area contributed by atoms with Crippen LogP contribution in [-0.2, 0) is 4.74 Å². The van der Waals surface area contributed by atoms with Gasteiger partial charge in [-0.3, -0.25) is 0 Å². The smallest absolute Gasteiger partial charge is 0.433 e. The van der Waals surface area contributed by atoms with Crippen molar-refractivity contribution in [2.24, 2.45) is 4.99 Å². The number of rotatable bonds is 2. The Morgan fingerprint density at radius 1 is 1.00 bits per heavy atom. The Morgan fingerprint density at radius 3 is 2.37 bits per heavy atom. The quantitative estimate of drug-likeness (QED) is 0.823. The molecule has 0 saturated heterocycles. The molecule has 0 N–H and O–H groups in total. The molecule has 1 aliphatic heterocycles. The van der Waals surface area contributed by atoms with Crippen LogP contribution in [-0.4, -0.2) is 11.8 Å². The number of aliphatic imine (C=N–C) groups is 1. The van der Waals surface area contributed by atoms with Crippen molar-refractivity contribution in [3.63, 3.8) is 0 Å². The summed E-state index contributed by atoms with van der Waals surface area (Å²) in [6.45, 7) is 0. The van der Waals surface area contributed by atoms with Crippen LogP contribution in [0.1, 0.15) is 17.2 Å². The van der Waals surface area contributed by atoms with Crippen LogP contribution in [0, 0.1) is 5.82 Å². The van der Waals surface area contributed by atoms with E-state index < -0.39 is 12.2 Å². The monoisotopic (exact) mass is 255 g/mol. The van der Waals surface area contributed by atoms with Gasteiger partial charge in [-0.05, 0) is 17.7 Å². The molecule has 1 amide bonds. The first kappa shape index (κ1) is 11.6. The van der Waals surface area contributed by atoms with Crippen molar-refractivity contribution < 1.29 is 13.9 Å². The van der Waals surface area contributed by atoms with Crippen LogP contribution in [0.3, 0.4) is 0 Å². The Bertz CT molecular complexity index is 635. The predicted octanol–water partition coefficient (Wildman–Crippen LogP) is 3.51. The first-order valence-electron chi connectivity index (χ1n) is 5.84. The molecule has 19 heavy (non-hydrogen) atoms. The molecule has 2 aromatic carbocycles. The fourth-order valence-corrected chi connectivity index (χ4v) is 2.03. The molecule has 0 radical (unpaired) electrons. The summed E-state index contributed by atoms with van der Waals surface area (Å²) in [6, 6.07) is 15.2. The van der Waals surface area contributed by atoms with Gasteiger partial charge in [-0.15, -0.1) is 0 Å². The molecule has 1 aliphatic rings. The van der Waals surface area contributed by atoms with Crippen molar-refractivity contribution in [1.82, 2.24) is 0 Å². The number of hydrogen-bond donors (Lipinski definition) is 0. The standard InChI is InChI=1S/C15H10FNO2/c16-12-8-6-11(7-9-12)14-13(17-15(18)19-14)10-4-2-1-3-5-10/h1-9,14H. The fraction of sp³-hybridized carbons (Fsp3) is 0.0667. The zero-order chi connectivity index (χ0) is 13.2. The van der Waals surface area contributed by atoms with Crippen molar-refractivity contribution in [2.45, 2.75) is 6.10 Å². The van der Waals surface area contributed by atoms with E-state index in [9.17, 15) is 9.18 Å². The maximum atomic E-state index is 12.9. The molecule has 0 saturated carbocycles. The van der Waals surface area contributed by atoms with E-state index in [0.717, 1.165) is 5.56 Å². The van der Waals surface area contributed by atoms with Crippen LogP contribution in [0.25, 0.3) is 0 Å². The SMILES string of the molecule is O=C1N=C(c2ccccc2)C(c2ccc(F)cc2)O1. The summed E-state index contributed by atoms with van der Waals surface area (Å²) < 4.78 is 18.1. The van der Waals surface area contributed by atoms with E-state index in [4.69, 9.17) is 4.74 Å². The summed E-state index contributed by atoms with van der Waals surface area (Å²) in [7, 11) is 0. The van der Waals surface area contributed by atoms with Gasteiger partial charge >= 0.3 is 6.09 Å². The molecule has 3 rings (SSSR count). The van der Waals surface area contributed by atoms with Gasteiger partial charge in [0.25, 0.3) is 0 Å². The third-order valence-electron chi connectivity index (χ3n) is 2.92. The van der Waals surface area contributed by atoms with Gasteiger partial charge in [0.05, 0.1) is 0 Å². The second-order valence-electron chi connectivity index (χ2n) is 4.18. The number of ether oxygens (including phenoxy) is 1. The number of cyclic esters (lactones) is 1. The summed E-state index contributed by atoms with van der Waals surface area (Å²) in [5, 5.41) is 0. The first-order valence-corrected chi connectivity index (χ1v) is 5.84. The van der Waals surface area contributed by atoms with Crippen molar-refractivity contribution in [3.05, 3.63) is 71.5 Å². The molecular weight excluding hydrogens is 245 g/mol. The average Bonchev–Trinajstić information content (AvgIpc) is 2.83. The van der Waals surface area contributed by atoms with Gasteiger partial charge in [-0.2, -0.15) is 4.99 Å². The number of hydrogen-bond acceptors (Lipinski definition) is 2. The van der Waals surface area contributed by atoms with Crippen LogP contribution in [0.15, 0.2) is 59.6 Å². The van der Waals surface area contributed by atoms with E-state index in [1.54, 1.807) is 12.1 Å². The molecule has 0 bridgehead atoms. The summed E-state index contributed by atoms with van der Waals surface area (Å²) in [5.41, 5.74) is 2.08. The summed E-state index contributed by atoms with van der Waals surface area (Å²) >= 11 is 0. The molecule has 1 atom stereocenters. The van der Waals surface area contributed by atoms with Crippen LogP contribution in [0.4, 0.5) is 9.18 Å². The molecule has 0 aromatic heterocycles. The van der Waals surface area contributed by atoms with Crippen LogP contribution in [0.2, 0.25) is 0 Å². The maximum absolute atomic E-state index is 12.9. The molecule has 0 spiro atoms. The molecule has 3 nitrogen and oxygen atoms in total. The Kier molecular flexibility index (Phi) is 2.83. The second kappa shape index (κ2) is 4.65. The number of halogens is 1. The molecule has 1 heterocycles. The van der Waals surface area contributed by atoms with E-state index >= 15 is 0 Å². The van der Waals surface area contributed by atoms with Crippen molar-refractivity contribution in [2.75, 3.05) is 0 Å². The summed E-state index contributed by atoms with van der Waals surface area (Å²) in [5.74, 6) is -0.328. The van der Waals surface area contributed by atoms with Crippen molar-refractivity contribution in [3.8, 4) is 0 Å². The van der Waals surface area contributed by atoms with Gasteiger partial charge in [-0.1, -0.05) is 42.5 Å². The summed E-state index contributed by atoms with van der Waals surface area (Å²) in [4.78, 5) is 15.3. The highest BCUT2D eigenvalue weighted by Gasteiger charge is 2.30. The van der Waals surface area contributed by atoms with E-state index in [2.05, 4.69) is 4.99 Å². The Hall–Kier alpha value is -2.49. The lowest BCUT2D eigenvalue weighted by molar-refractivity contribution is 0.149. The number of amides is 1. The Morgan fingerprint density at radius 2 is 1.68 bits per heavy atom. The van der Waals surface area contributed by atoms with E-state index in [1.807, 2.05) is 30.3 Å². The highest BCUT2D eigenvalue weighted by atomic mass is 19.1. The Balaban J connectivity index is 2.00. The third-order valence-corrected chi connectivity index (χ3v) is 2.92. The fourth-order valence-electron chi connectivity index (χ4n) is 2.03. The number of nitrogens with zero attached hydrogens (tertiary/aromatic N) is 1. The zero-order valence-electron chi connectivity index (χ0n) is 9.92. The minimum absolute atomic E-state index is 0.328. The maximum Gasteiger partial charge on any atom is 0.435 e. The minimum atomic E-state index is -0.617. The highest BCUT2D eigenvalue weighted by molar-refractivity contribution is 6.11. The number of carbonyl (C=O) groups is 1. The molecule has 0 fully saturated rings. The largest absolute Gasteiger partial charge is 0.435 e. The van der Waals surface area contributed by atoms with Gasteiger partial charge in [0.15, 0.2) is 6.10 Å². The molecule has 0 aliphatic carbocycles. The molecule has 1 unspecified atom stereocenters. The lowest BCUT2D eigenvalue weighted by atomic mass is 9.99. The predicted molar refractivity (Wildman–Crippen MR) is 68.6 cm³/mol. The van der Waals surface area contributed by atoms with Gasteiger partial charge in [0.2, 0.25) is 0 Å². The highest BCUT2D eigenvalue weighted by Crippen LogP contribution is 2.28. The Labute approximate surface area is 109 Å². The zero-order valence-corrected chi connectivity index (χ0v) is 9.92. The van der Waals surface area contributed by atoms with Gasteiger partial charge in [0, 0.05) is 5.56 Å². The normalized spacial score (nSPS) is 18.1. The second-order valence-corrected chi connectivity index (χ2v) is 4.18. The van der Waals surface area contributed by atoms with Gasteiger partial charge in [-0.25, -0.2) is 9.18 Å². The van der Waals surface area contributed by atoms with Crippen LogP contribution < -0.4 is 0 Å². The number of benzene rings is 2. The first-order chi connectivity index (χ1) is 9.24. The lowest BCUT2D eigenvalue weighted by Crippen LogP contribution is -2.11. The topological polar surface area (TPSA) is 38.7 Å². The molecule has 94 valence electrons. The van der Waals surface area contributed by atoms with E-state index in [0.29, 0.717) is 11.3 Å². The van der Waals surface area contributed by atoms with Crippen molar-refractivity contribution in [1.29, 1.82) is 0 Å². The van der Waals surface area contributed by atoms with Crippen molar-refractivity contribution >= 4 is 11.8 Å².